The van der Waals surface area contributed by atoms with E-state index in [1.807, 2.05) is 34.1 Å². The first-order valence-electron chi connectivity index (χ1n) is 9.02. The van der Waals surface area contributed by atoms with Crippen LogP contribution in [0.2, 0.25) is 0 Å². The molecule has 1 aromatic rings. The average molecular weight is 329 g/mol. The van der Waals surface area contributed by atoms with Gasteiger partial charge in [0.1, 0.15) is 0 Å². The zero-order valence-electron chi connectivity index (χ0n) is 14.2. The van der Waals surface area contributed by atoms with E-state index in [0.29, 0.717) is 24.7 Å². The first-order chi connectivity index (χ1) is 11.6. The van der Waals surface area contributed by atoms with E-state index in [4.69, 9.17) is 5.73 Å². The third-order valence-electron chi connectivity index (χ3n) is 5.22. The number of amides is 2. The normalized spacial score (nSPS) is 18.8. The Morgan fingerprint density at radius 2 is 1.50 bits per heavy atom. The molecule has 5 heteroatoms. The number of likely N-dealkylation sites (tertiary alicyclic amines) is 2. The molecule has 2 fully saturated rings. The fourth-order valence-corrected chi connectivity index (χ4v) is 3.65. The molecule has 0 aliphatic carbocycles. The van der Waals surface area contributed by atoms with Gasteiger partial charge in [-0.3, -0.25) is 9.59 Å². The Morgan fingerprint density at radius 3 is 2.12 bits per heavy atom. The Kier molecular flexibility index (Phi) is 5.38. The second kappa shape index (κ2) is 7.69. The topological polar surface area (TPSA) is 66.6 Å². The van der Waals surface area contributed by atoms with Gasteiger partial charge in [0.15, 0.2) is 0 Å². The van der Waals surface area contributed by atoms with E-state index in [2.05, 4.69) is 0 Å². The summed E-state index contributed by atoms with van der Waals surface area (Å²) in [6, 6.07) is 7.49. The van der Waals surface area contributed by atoms with Crippen LogP contribution in [0.3, 0.4) is 0 Å². The molecule has 0 saturated carbocycles. The van der Waals surface area contributed by atoms with Crippen molar-refractivity contribution in [2.45, 2.75) is 38.5 Å². The quantitative estimate of drug-likeness (QED) is 0.860. The Hall–Kier alpha value is -2.04. The molecule has 5 nitrogen and oxygen atoms in total. The minimum Gasteiger partial charge on any atom is -0.399 e. The minimum absolute atomic E-state index is 0.170. The van der Waals surface area contributed by atoms with Gasteiger partial charge in [-0.15, -0.1) is 0 Å². The van der Waals surface area contributed by atoms with Crippen molar-refractivity contribution < 1.29 is 9.59 Å². The van der Waals surface area contributed by atoms with Gasteiger partial charge < -0.3 is 15.5 Å². The molecular formula is C19H27N3O2. The van der Waals surface area contributed by atoms with Crippen LogP contribution in [0.15, 0.2) is 24.3 Å². The third kappa shape index (κ3) is 4.28. The van der Waals surface area contributed by atoms with E-state index in [1.54, 1.807) is 0 Å². The van der Waals surface area contributed by atoms with Gasteiger partial charge in [-0.25, -0.2) is 0 Å². The van der Waals surface area contributed by atoms with Crippen LogP contribution >= 0.6 is 0 Å². The van der Waals surface area contributed by atoms with Crippen LogP contribution < -0.4 is 5.73 Å². The molecular weight excluding hydrogens is 302 g/mol. The van der Waals surface area contributed by atoms with E-state index in [1.165, 1.54) is 0 Å². The molecule has 1 aromatic carbocycles. The number of hydrogen-bond acceptors (Lipinski definition) is 3. The van der Waals surface area contributed by atoms with Crippen molar-refractivity contribution in [3.05, 3.63) is 29.8 Å². The van der Waals surface area contributed by atoms with Gasteiger partial charge in [0.25, 0.3) is 0 Å². The number of carbonyl (C=O) groups excluding carboxylic acids is 2. The molecule has 2 N–H and O–H groups in total. The number of nitrogens with two attached hydrogens (primary N) is 1. The molecule has 0 radical (unpaired) electrons. The summed E-state index contributed by atoms with van der Waals surface area (Å²) in [7, 11) is 0. The summed E-state index contributed by atoms with van der Waals surface area (Å²) in [6.07, 6.45) is 5.24. The molecule has 0 aromatic heterocycles. The van der Waals surface area contributed by atoms with Crippen molar-refractivity contribution in [1.82, 2.24) is 9.80 Å². The lowest BCUT2D eigenvalue weighted by molar-refractivity contribution is -0.133. The number of carbonyl (C=O) groups is 2. The summed E-state index contributed by atoms with van der Waals surface area (Å²) < 4.78 is 0. The summed E-state index contributed by atoms with van der Waals surface area (Å²) in [5, 5.41) is 0. The fraction of sp³-hybridized carbons (Fsp3) is 0.579. The van der Waals surface area contributed by atoms with Gasteiger partial charge in [0, 0.05) is 38.3 Å². The van der Waals surface area contributed by atoms with Gasteiger partial charge in [0.05, 0.1) is 6.42 Å². The van der Waals surface area contributed by atoms with Crippen LogP contribution in [0.4, 0.5) is 5.69 Å². The molecule has 0 bridgehead atoms. The van der Waals surface area contributed by atoms with Crippen molar-refractivity contribution in [1.29, 1.82) is 0 Å². The lowest BCUT2D eigenvalue weighted by atomic mass is 9.92. The first kappa shape index (κ1) is 16.8. The highest BCUT2D eigenvalue weighted by Gasteiger charge is 2.26. The molecule has 2 aliphatic heterocycles. The van der Waals surface area contributed by atoms with Crippen LogP contribution in [0.25, 0.3) is 0 Å². The lowest BCUT2D eigenvalue weighted by Crippen LogP contribution is -2.40. The van der Waals surface area contributed by atoms with Gasteiger partial charge >= 0.3 is 0 Å². The molecule has 0 spiro atoms. The molecule has 0 atom stereocenters. The van der Waals surface area contributed by atoms with Crippen molar-refractivity contribution in [3.63, 3.8) is 0 Å². The minimum atomic E-state index is 0.170. The Balaban J connectivity index is 1.43. The molecule has 3 rings (SSSR count). The Morgan fingerprint density at radius 1 is 0.917 bits per heavy atom. The standard InChI is InChI=1S/C19H27N3O2/c20-17-5-3-15(4-6-17)13-19(24)22-11-7-16(8-12-22)14-18(23)21-9-1-2-10-21/h3-6,16H,1-2,7-14,20H2. The van der Waals surface area contributed by atoms with Crippen molar-refractivity contribution >= 4 is 17.5 Å². The van der Waals surface area contributed by atoms with Crippen LogP contribution in [0.1, 0.15) is 37.7 Å². The van der Waals surface area contributed by atoms with Crippen LogP contribution in [0.5, 0.6) is 0 Å². The second-order valence-corrected chi connectivity index (χ2v) is 7.03. The van der Waals surface area contributed by atoms with Crippen molar-refractivity contribution in [3.8, 4) is 0 Å². The Labute approximate surface area is 143 Å². The van der Waals surface area contributed by atoms with E-state index in [9.17, 15) is 9.59 Å². The summed E-state index contributed by atoms with van der Waals surface area (Å²) in [5.74, 6) is 0.905. The Bertz CT molecular complexity index is 571. The number of nitrogen functional groups attached to an aromatic ring is 1. The number of piperidine rings is 1. The predicted molar refractivity (Wildman–Crippen MR) is 94.3 cm³/mol. The zero-order chi connectivity index (χ0) is 16.9. The maximum atomic E-state index is 12.4. The van der Waals surface area contributed by atoms with Gasteiger partial charge in [-0.1, -0.05) is 12.1 Å². The monoisotopic (exact) mass is 329 g/mol. The summed E-state index contributed by atoms with van der Waals surface area (Å²) in [6.45, 7) is 3.40. The molecule has 130 valence electrons. The van der Waals surface area contributed by atoms with Crippen LogP contribution in [0, 0.1) is 5.92 Å². The first-order valence-corrected chi connectivity index (χ1v) is 9.02. The van der Waals surface area contributed by atoms with E-state index in [-0.39, 0.29) is 5.91 Å². The van der Waals surface area contributed by atoms with E-state index >= 15 is 0 Å². The summed E-state index contributed by atoms with van der Waals surface area (Å²) >= 11 is 0. The number of hydrogen-bond donors (Lipinski definition) is 1. The molecule has 2 aliphatic rings. The lowest BCUT2D eigenvalue weighted by Gasteiger charge is -2.32. The SMILES string of the molecule is Nc1ccc(CC(=O)N2CCC(CC(=O)N3CCCC3)CC2)cc1. The molecule has 2 saturated heterocycles. The average Bonchev–Trinajstić information content (AvgIpc) is 3.12. The molecule has 2 amide bonds. The number of rotatable bonds is 4. The van der Waals surface area contributed by atoms with Crippen molar-refractivity contribution in [2.24, 2.45) is 5.92 Å². The largest absolute Gasteiger partial charge is 0.399 e. The van der Waals surface area contributed by atoms with Crippen LogP contribution in [-0.2, 0) is 16.0 Å². The predicted octanol–water partition coefficient (Wildman–Crippen LogP) is 2.06. The number of anilines is 1. The smallest absolute Gasteiger partial charge is 0.226 e. The molecule has 0 unspecified atom stereocenters. The second-order valence-electron chi connectivity index (χ2n) is 7.03. The summed E-state index contributed by atoms with van der Waals surface area (Å²) in [5.41, 5.74) is 7.39. The van der Waals surface area contributed by atoms with E-state index < -0.39 is 0 Å². The van der Waals surface area contributed by atoms with Gasteiger partial charge in [-0.05, 0) is 49.3 Å². The number of benzene rings is 1. The number of nitrogens with zero attached hydrogens (tertiary/aromatic N) is 2. The highest BCUT2D eigenvalue weighted by molar-refractivity contribution is 5.79. The van der Waals surface area contributed by atoms with Crippen molar-refractivity contribution in [2.75, 3.05) is 31.9 Å². The zero-order valence-corrected chi connectivity index (χ0v) is 14.2. The highest BCUT2D eigenvalue weighted by Crippen LogP contribution is 2.23. The molecule has 24 heavy (non-hydrogen) atoms. The highest BCUT2D eigenvalue weighted by atomic mass is 16.2. The van der Waals surface area contributed by atoms with Gasteiger partial charge in [-0.2, -0.15) is 0 Å². The maximum Gasteiger partial charge on any atom is 0.226 e. The van der Waals surface area contributed by atoms with E-state index in [0.717, 1.165) is 63.1 Å². The van der Waals surface area contributed by atoms with Gasteiger partial charge in [0.2, 0.25) is 11.8 Å². The summed E-state index contributed by atoms with van der Waals surface area (Å²) in [4.78, 5) is 28.6. The molecule has 2 heterocycles. The maximum absolute atomic E-state index is 12.4. The fourth-order valence-electron chi connectivity index (χ4n) is 3.65. The third-order valence-corrected chi connectivity index (χ3v) is 5.22. The van der Waals surface area contributed by atoms with Crippen LogP contribution in [-0.4, -0.2) is 47.8 Å².